The summed E-state index contributed by atoms with van der Waals surface area (Å²) < 4.78 is 7.19. The number of anilines is 1. The summed E-state index contributed by atoms with van der Waals surface area (Å²) in [6.45, 7) is 7.55. The molecule has 1 aromatic heterocycles. The molecule has 1 aliphatic rings. The molecular formula is C19H29IN6O. The molecule has 3 rings (SSSR count). The SMILES string of the molecule is CN=C(NCCn1cc(C)cn1)N1CCN(c2ccc(OC)cc2)CC1.I. The van der Waals surface area contributed by atoms with Crippen molar-refractivity contribution in [2.24, 2.45) is 4.99 Å². The highest BCUT2D eigenvalue weighted by molar-refractivity contribution is 14.0. The van der Waals surface area contributed by atoms with Crippen LogP contribution in [0, 0.1) is 6.92 Å². The number of halogens is 1. The Balaban J connectivity index is 0.00000261. The molecule has 0 saturated carbocycles. The van der Waals surface area contributed by atoms with Crippen molar-refractivity contribution < 1.29 is 4.74 Å². The maximum atomic E-state index is 5.23. The number of benzene rings is 1. The van der Waals surface area contributed by atoms with E-state index in [2.05, 4.69) is 50.5 Å². The molecule has 27 heavy (non-hydrogen) atoms. The molecule has 1 saturated heterocycles. The van der Waals surface area contributed by atoms with E-state index >= 15 is 0 Å². The lowest BCUT2D eigenvalue weighted by atomic mass is 10.2. The van der Waals surface area contributed by atoms with Gasteiger partial charge in [-0.15, -0.1) is 24.0 Å². The van der Waals surface area contributed by atoms with Gasteiger partial charge in [0.25, 0.3) is 0 Å². The van der Waals surface area contributed by atoms with Gasteiger partial charge in [-0.3, -0.25) is 9.67 Å². The number of rotatable bonds is 5. The molecule has 2 aromatic rings. The van der Waals surface area contributed by atoms with Gasteiger partial charge >= 0.3 is 0 Å². The predicted molar refractivity (Wildman–Crippen MR) is 121 cm³/mol. The van der Waals surface area contributed by atoms with Gasteiger partial charge in [0.15, 0.2) is 5.96 Å². The zero-order valence-electron chi connectivity index (χ0n) is 16.3. The van der Waals surface area contributed by atoms with Crippen molar-refractivity contribution in [1.82, 2.24) is 20.0 Å². The van der Waals surface area contributed by atoms with E-state index in [1.54, 1.807) is 7.11 Å². The Hall–Kier alpha value is -1.97. The fourth-order valence-electron chi connectivity index (χ4n) is 3.17. The minimum absolute atomic E-state index is 0. The fourth-order valence-corrected chi connectivity index (χ4v) is 3.17. The van der Waals surface area contributed by atoms with Crippen LogP contribution < -0.4 is 15.0 Å². The third-order valence-electron chi connectivity index (χ3n) is 4.61. The van der Waals surface area contributed by atoms with Crippen LogP contribution in [0.4, 0.5) is 5.69 Å². The summed E-state index contributed by atoms with van der Waals surface area (Å²) in [5.41, 5.74) is 2.42. The first-order chi connectivity index (χ1) is 12.7. The van der Waals surface area contributed by atoms with E-state index in [-0.39, 0.29) is 24.0 Å². The van der Waals surface area contributed by atoms with E-state index in [0.717, 1.165) is 51.0 Å². The number of nitrogens with one attached hydrogen (secondary N) is 1. The van der Waals surface area contributed by atoms with Gasteiger partial charge in [0, 0.05) is 51.7 Å². The van der Waals surface area contributed by atoms with Crippen molar-refractivity contribution in [2.75, 3.05) is 51.8 Å². The first-order valence-corrected chi connectivity index (χ1v) is 9.03. The van der Waals surface area contributed by atoms with E-state index in [0.29, 0.717) is 0 Å². The molecule has 0 bridgehead atoms. The van der Waals surface area contributed by atoms with Gasteiger partial charge in [-0.2, -0.15) is 5.10 Å². The van der Waals surface area contributed by atoms with Gasteiger partial charge in [0.05, 0.1) is 19.9 Å². The molecule has 1 aromatic carbocycles. The number of guanidine groups is 1. The number of hydrogen-bond acceptors (Lipinski definition) is 4. The third-order valence-corrected chi connectivity index (χ3v) is 4.61. The monoisotopic (exact) mass is 484 g/mol. The fraction of sp³-hybridized carbons (Fsp3) is 0.474. The summed E-state index contributed by atoms with van der Waals surface area (Å²) in [7, 11) is 3.54. The van der Waals surface area contributed by atoms with E-state index in [9.17, 15) is 0 Å². The highest BCUT2D eigenvalue weighted by Gasteiger charge is 2.19. The van der Waals surface area contributed by atoms with Crippen LogP contribution in [0.15, 0.2) is 41.7 Å². The Morgan fingerprint density at radius 1 is 1.19 bits per heavy atom. The maximum Gasteiger partial charge on any atom is 0.193 e. The smallest absolute Gasteiger partial charge is 0.193 e. The zero-order valence-corrected chi connectivity index (χ0v) is 18.6. The second-order valence-corrected chi connectivity index (χ2v) is 6.43. The van der Waals surface area contributed by atoms with E-state index in [1.807, 2.05) is 30.1 Å². The lowest BCUT2D eigenvalue weighted by Gasteiger charge is -2.37. The zero-order chi connectivity index (χ0) is 18.4. The topological polar surface area (TPSA) is 57.9 Å². The van der Waals surface area contributed by atoms with Crippen LogP contribution in [0.3, 0.4) is 0 Å². The van der Waals surface area contributed by atoms with Crippen molar-refractivity contribution >= 4 is 35.6 Å². The van der Waals surface area contributed by atoms with Gasteiger partial charge in [-0.25, -0.2) is 0 Å². The quantitative estimate of drug-likeness (QED) is 0.401. The number of hydrogen-bond donors (Lipinski definition) is 1. The molecule has 2 heterocycles. The summed E-state index contributed by atoms with van der Waals surface area (Å²) in [4.78, 5) is 9.15. The molecule has 1 aliphatic heterocycles. The molecule has 148 valence electrons. The molecule has 0 unspecified atom stereocenters. The molecule has 0 amide bonds. The molecule has 0 aliphatic carbocycles. The summed E-state index contributed by atoms with van der Waals surface area (Å²) in [5.74, 6) is 1.85. The van der Waals surface area contributed by atoms with Crippen molar-refractivity contribution in [3.8, 4) is 5.75 Å². The Bertz CT molecular complexity index is 722. The van der Waals surface area contributed by atoms with Crippen LogP contribution >= 0.6 is 24.0 Å². The number of aromatic nitrogens is 2. The Labute approximate surface area is 178 Å². The minimum atomic E-state index is 0. The van der Waals surface area contributed by atoms with Crippen molar-refractivity contribution in [3.05, 3.63) is 42.2 Å². The van der Waals surface area contributed by atoms with Gasteiger partial charge < -0.3 is 19.9 Å². The summed E-state index contributed by atoms with van der Waals surface area (Å²) >= 11 is 0. The van der Waals surface area contributed by atoms with Gasteiger partial charge in [-0.05, 0) is 36.8 Å². The van der Waals surface area contributed by atoms with E-state index in [4.69, 9.17) is 4.74 Å². The molecule has 0 spiro atoms. The lowest BCUT2D eigenvalue weighted by Crippen LogP contribution is -2.52. The highest BCUT2D eigenvalue weighted by atomic mass is 127. The van der Waals surface area contributed by atoms with Crippen molar-refractivity contribution in [1.29, 1.82) is 0 Å². The maximum absolute atomic E-state index is 5.23. The minimum Gasteiger partial charge on any atom is -0.497 e. The van der Waals surface area contributed by atoms with Crippen molar-refractivity contribution in [3.63, 3.8) is 0 Å². The van der Waals surface area contributed by atoms with Crippen LogP contribution in [0.2, 0.25) is 0 Å². The van der Waals surface area contributed by atoms with Gasteiger partial charge in [0.1, 0.15) is 5.75 Å². The van der Waals surface area contributed by atoms with Crippen LogP contribution in [-0.2, 0) is 6.54 Å². The normalized spacial score (nSPS) is 14.7. The van der Waals surface area contributed by atoms with E-state index < -0.39 is 0 Å². The average Bonchev–Trinajstić information content (AvgIpc) is 3.11. The lowest BCUT2D eigenvalue weighted by molar-refractivity contribution is 0.371. The molecule has 1 fully saturated rings. The largest absolute Gasteiger partial charge is 0.497 e. The second kappa shape index (κ2) is 10.4. The van der Waals surface area contributed by atoms with Crippen LogP contribution in [0.1, 0.15) is 5.56 Å². The molecule has 0 radical (unpaired) electrons. The number of ether oxygens (including phenoxy) is 1. The standard InChI is InChI=1S/C19H28N6O.HI/c1-16-14-22-25(15-16)9-8-21-19(20-2)24-12-10-23(11-13-24)17-4-6-18(26-3)7-5-17;/h4-7,14-15H,8-13H2,1-3H3,(H,20,21);1H. The van der Waals surface area contributed by atoms with Crippen molar-refractivity contribution in [2.45, 2.75) is 13.5 Å². The van der Waals surface area contributed by atoms with E-state index in [1.165, 1.54) is 11.3 Å². The first kappa shape index (κ1) is 21.3. The van der Waals surface area contributed by atoms with Gasteiger partial charge in [-0.1, -0.05) is 0 Å². The van der Waals surface area contributed by atoms with Crippen LogP contribution in [0.25, 0.3) is 0 Å². The molecule has 1 N–H and O–H groups in total. The number of aliphatic imine (C=N–C) groups is 1. The second-order valence-electron chi connectivity index (χ2n) is 6.43. The number of piperazine rings is 1. The number of nitrogens with zero attached hydrogens (tertiary/aromatic N) is 5. The predicted octanol–water partition coefficient (Wildman–Crippen LogP) is 2.22. The molecule has 7 nitrogen and oxygen atoms in total. The Morgan fingerprint density at radius 2 is 1.89 bits per heavy atom. The summed E-state index contributed by atoms with van der Waals surface area (Å²) in [5, 5.41) is 7.76. The first-order valence-electron chi connectivity index (χ1n) is 9.03. The molecule has 8 heteroatoms. The highest BCUT2D eigenvalue weighted by Crippen LogP contribution is 2.20. The van der Waals surface area contributed by atoms with Gasteiger partial charge in [0.2, 0.25) is 0 Å². The van der Waals surface area contributed by atoms with Crippen LogP contribution in [0.5, 0.6) is 5.75 Å². The Kier molecular flexibility index (Phi) is 8.21. The average molecular weight is 484 g/mol. The summed E-state index contributed by atoms with van der Waals surface area (Å²) in [6.07, 6.45) is 3.94. The molecule has 0 atom stereocenters. The number of methoxy groups -OCH3 is 1. The number of aryl methyl sites for hydroxylation is 1. The summed E-state index contributed by atoms with van der Waals surface area (Å²) in [6, 6.07) is 8.26. The Morgan fingerprint density at radius 3 is 2.44 bits per heavy atom. The molecular weight excluding hydrogens is 455 g/mol. The van der Waals surface area contributed by atoms with Crippen LogP contribution in [-0.4, -0.2) is 67.5 Å². The third kappa shape index (κ3) is 5.75.